The third-order valence-electron chi connectivity index (χ3n) is 5.46. The van der Waals surface area contributed by atoms with Crippen molar-refractivity contribution in [3.8, 4) is 0 Å². The Bertz CT molecular complexity index is 653. The van der Waals surface area contributed by atoms with Crippen LogP contribution in [0.3, 0.4) is 0 Å². The molecule has 0 aromatic heterocycles. The van der Waals surface area contributed by atoms with E-state index in [1.165, 1.54) is 0 Å². The first-order chi connectivity index (χ1) is 13.7. The first-order valence-corrected chi connectivity index (χ1v) is 10.4. The summed E-state index contributed by atoms with van der Waals surface area (Å²) in [6, 6.07) is 7.06. The van der Waals surface area contributed by atoms with Crippen LogP contribution in [0.15, 0.2) is 24.3 Å². The molecule has 2 aliphatic heterocycles. The summed E-state index contributed by atoms with van der Waals surface area (Å²) < 4.78 is 5.39. The first-order valence-electron chi connectivity index (χ1n) is 10.4. The number of benzene rings is 1. The molecule has 0 saturated carbocycles. The van der Waals surface area contributed by atoms with Gasteiger partial charge >= 0.3 is 0 Å². The number of anilines is 1. The maximum Gasteiger partial charge on any atom is 0.253 e. The summed E-state index contributed by atoms with van der Waals surface area (Å²) in [6.45, 7) is 10.1. The van der Waals surface area contributed by atoms with Crippen LogP contribution in [-0.2, 0) is 9.53 Å². The molecule has 3 rings (SSSR count). The zero-order valence-corrected chi connectivity index (χ0v) is 16.8. The average Bonchev–Trinajstić information content (AvgIpc) is 3.27. The van der Waals surface area contributed by atoms with Crippen molar-refractivity contribution in [2.75, 3.05) is 57.7 Å². The number of nitrogens with one attached hydrogen (secondary N) is 2. The highest BCUT2D eigenvalue weighted by Crippen LogP contribution is 2.16. The molecule has 2 fully saturated rings. The van der Waals surface area contributed by atoms with Crippen LogP contribution in [-0.4, -0.2) is 80.1 Å². The van der Waals surface area contributed by atoms with Crippen LogP contribution in [0.25, 0.3) is 0 Å². The maximum absolute atomic E-state index is 12.4. The standard InChI is InChI=1S/C21H32N4O3/c1-2-24-11-13-25(14-12-24)10-5-9-22-20(26)17-6-3-7-18(16-17)23-21(27)19-8-4-15-28-19/h3,6-7,16,19H,2,4-5,8-15H2,1H3,(H,22,26)(H,23,27). The highest BCUT2D eigenvalue weighted by Gasteiger charge is 2.23. The van der Waals surface area contributed by atoms with Gasteiger partial charge in [-0.3, -0.25) is 9.59 Å². The van der Waals surface area contributed by atoms with Gasteiger partial charge in [0.25, 0.3) is 11.8 Å². The quantitative estimate of drug-likeness (QED) is 0.661. The Labute approximate surface area is 167 Å². The second kappa shape index (κ2) is 10.5. The fourth-order valence-electron chi connectivity index (χ4n) is 3.68. The van der Waals surface area contributed by atoms with E-state index in [0.29, 0.717) is 24.4 Å². The van der Waals surface area contributed by atoms with Crippen molar-refractivity contribution in [3.05, 3.63) is 29.8 Å². The molecular weight excluding hydrogens is 356 g/mol. The first kappa shape index (κ1) is 20.8. The smallest absolute Gasteiger partial charge is 0.253 e. The predicted molar refractivity (Wildman–Crippen MR) is 110 cm³/mol. The fraction of sp³-hybridized carbons (Fsp3) is 0.619. The lowest BCUT2D eigenvalue weighted by atomic mass is 10.1. The second-order valence-electron chi connectivity index (χ2n) is 7.46. The molecule has 1 aromatic rings. The number of piperazine rings is 1. The molecule has 154 valence electrons. The Kier molecular flexibility index (Phi) is 7.82. The van der Waals surface area contributed by atoms with Gasteiger partial charge in [-0.1, -0.05) is 13.0 Å². The highest BCUT2D eigenvalue weighted by atomic mass is 16.5. The van der Waals surface area contributed by atoms with Crippen LogP contribution in [0.4, 0.5) is 5.69 Å². The normalized spacial score (nSPS) is 20.8. The SMILES string of the molecule is CCN1CCN(CCCNC(=O)c2cccc(NC(=O)C3CCCO3)c2)CC1. The van der Waals surface area contributed by atoms with E-state index in [-0.39, 0.29) is 17.9 Å². The predicted octanol–water partition coefficient (Wildman–Crippen LogP) is 1.56. The van der Waals surface area contributed by atoms with Gasteiger partial charge in [0.1, 0.15) is 6.10 Å². The minimum absolute atomic E-state index is 0.107. The molecule has 2 saturated heterocycles. The van der Waals surface area contributed by atoms with Crippen LogP contribution >= 0.6 is 0 Å². The van der Waals surface area contributed by atoms with Crippen LogP contribution < -0.4 is 10.6 Å². The lowest BCUT2D eigenvalue weighted by molar-refractivity contribution is -0.124. The monoisotopic (exact) mass is 388 g/mol. The molecule has 1 unspecified atom stereocenters. The molecule has 2 amide bonds. The Morgan fingerprint density at radius 1 is 1.18 bits per heavy atom. The number of likely N-dealkylation sites (N-methyl/N-ethyl adjacent to an activating group) is 1. The number of hydrogen-bond donors (Lipinski definition) is 2. The summed E-state index contributed by atoms with van der Waals surface area (Å²) in [4.78, 5) is 29.5. The van der Waals surface area contributed by atoms with Crippen molar-refractivity contribution in [1.82, 2.24) is 15.1 Å². The highest BCUT2D eigenvalue weighted by molar-refractivity contribution is 5.98. The zero-order valence-electron chi connectivity index (χ0n) is 16.8. The van der Waals surface area contributed by atoms with E-state index < -0.39 is 0 Å². The van der Waals surface area contributed by atoms with Gasteiger partial charge in [-0.15, -0.1) is 0 Å². The molecule has 7 nitrogen and oxygen atoms in total. The Hall–Kier alpha value is -1.96. The minimum atomic E-state index is -0.378. The van der Waals surface area contributed by atoms with Crippen LogP contribution in [0.1, 0.15) is 36.5 Å². The van der Waals surface area contributed by atoms with Crippen LogP contribution in [0.5, 0.6) is 0 Å². The minimum Gasteiger partial charge on any atom is -0.368 e. The van der Waals surface area contributed by atoms with Crippen molar-refractivity contribution in [2.45, 2.75) is 32.3 Å². The fourth-order valence-corrected chi connectivity index (χ4v) is 3.68. The molecule has 0 radical (unpaired) electrons. The van der Waals surface area contributed by atoms with E-state index >= 15 is 0 Å². The van der Waals surface area contributed by atoms with Gasteiger partial charge in [0.2, 0.25) is 0 Å². The number of nitrogens with zero attached hydrogens (tertiary/aromatic N) is 2. The van der Waals surface area contributed by atoms with Crippen LogP contribution in [0.2, 0.25) is 0 Å². The van der Waals surface area contributed by atoms with Gasteiger partial charge in [-0.2, -0.15) is 0 Å². The maximum atomic E-state index is 12.4. The largest absolute Gasteiger partial charge is 0.368 e. The Morgan fingerprint density at radius 2 is 1.96 bits per heavy atom. The van der Waals surface area contributed by atoms with Gasteiger partial charge in [0, 0.05) is 50.6 Å². The summed E-state index contributed by atoms with van der Waals surface area (Å²) in [5, 5.41) is 5.82. The summed E-state index contributed by atoms with van der Waals surface area (Å²) in [6.07, 6.45) is 2.22. The summed E-state index contributed by atoms with van der Waals surface area (Å²) in [7, 11) is 0. The van der Waals surface area contributed by atoms with Crippen molar-refractivity contribution in [1.29, 1.82) is 0 Å². The molecule has 1 atom stereocenters. The molecule has 2 N–H and O–H groups in total. The van der Waals surface area contributed by atoms with Crippen molar-refractivity contribution in [2.24, 2.45) is 0 Å². The summed E-state index contributed by atoms with van der Waals surface area (Å²) in [5.74, 6) is -0.248. The van der Waals surface area contributed by atoms with Gasteiger partial charge in [0.05, 0.1) is 0 Å². The average molecular weight is 389 g/mol. The number of ether oxygens (including phenoxy) is 1. The number of carbonyl (C=O) groups excluding carboxylic acids is 2. The van der Waals surface area contributed by atoms with E-state index in [9.17, 15) is 9.59 Å². The Balaban J connectivity index is 1.39. The number of hydrogen-bond acceptors (Lipinski definition) is 5. The molecule has 0 spiro atoms. The van der Waals surface area contributed by atoms with E-state index in [1.54, 1.807) is 24.3 Å². The van der Waals surface area contributed by atoms with Crippen LogP contribution in [0, 0.1) is 0 Å². The van der Waals surface area contributed by atoms with E-state index in [4.69, 9.17) is 4.74 Å². The van der Waals surface area contributed by atoms with Crippen molar-refractivity contribution < 1.29 is 14.3 Å². The molecule has 28 heavy (non-hydrogen) atoms. The molecule has 2 heterocycles. The zero-order chi connectivity index (χ0) is 19.8. The molecule has 2 aliphatic rings. The lowest BCUT2D eigenvalue weighted by Gasteiger charge is -2.33. The number of carbonyl (C=O) groups is 2. The number of rotatable bonds is 8. The Morgan fingerprint density at radius 3 is 2.68 bits per heavy atom. The van der Waals surface area contributed by atoms with E-state index in [0.717, 1.165) is 58.5 Å². The molecule has 7 heteroatoms. The molecular formula is C21H32N4O3. The van der Waals surface area contributed by atoms with Gasteiger partial charge in [0.15, 0.2) is 0 Å². The van der Waals surface area contributed by atoms with Crippen molar-refractivity contribution in [3.63, 3.8) is 0 Å². The molecule has 1 aromatic carbocycles. The van der Waals surface area contributed by atoms with E-state index in [1.807, 2.05) is 0 Å². The van der Waals surface area contributed by atoms with Gasteiger partial charge < -0.3 is 25.2 Å². The third-order valence-corrected chi connectivity index (χ3v) is 5.46. The van der Waals surface area contributed by atoms with Crippen molar-refractivity contribution >= 4 is 17.5 Å². The molecule has 0 bridgehead atoms. The number of amides is 2. The van der Waals surface area contributed by atoms with E-state index in [2.05, 4.69) is 27.4 Å². The molecule has 0 aliphatic carbocycles. The summed E-state index contributed by atoms with van der Waals surface area (Å²) >= 11 is 0. The summed E-state index contributed by atoms with van der Waals surface area (Å²) in [5.41, 5.74) is 1.18. The van der Waals surface area contributed by atoms with Gasteiger partial charge in [-0.05, 0) is 50.6 Å². The lowest BCUT2D eigenvalue weighted by Crippen LogP contribution is -2.46. The topological polar surface area (TPSA) is 73.9 Å². The second-order valence-corrected chi connectivity index (χ2v) is 7.46. The van der Waals surface area contributed by atoms with Gasteiger partial charge in [-0.25, -0.2) is 0 Å². The third kappa shape index (κ3) is 6.02.